The predicted octanol–water partition coefficient (Wildman–Crippen LogP) is 20.4. The summed E-state index contributed by atoms with van der Waals surface area (Å²) in [4.78, 5) is 67.6. The zero-order valence-electron chi connectivity index (χ0n) is 91.7. The van der Waals surface area contributed by atoms with Gasteiger partial charge in [-0.3, -0.25) is 49.9 Å². The van der Waals surface area contributed by atoms with E-state index in [1.165, 1.54) is 66.2 Å². The van der Waals surface area contributed by atoms with Gasteiger partial charge in [-0.15, -0.1) is 0 Å². The Kier molecular flexibility index (Phi) is 42.4. The summed E-state index contributed by atoms with van der Waals surface area (Å²) in [5.41, 5.74) is 15.0. The summed E-state index contributed by atoms with van der Waals surface area (Å²) < 4.78 is 0. The van der Waals surface area contributed by atoms with Crippen molar-refractivity contribution >= 4 is 61.1 Å². The first-order valence-electron chi connectivity index (χ1n) is 52.9. The monoisotopic (exact) mass is 2100 g/mol. The van der Waals surface area contributed by atoms with Crippen molar-refractivity contribution in [3.8, 4) is 34.5 Å². The molecule has 0 amide bonds. The van der Waals surface area contributed by atoms with Gasteiger partial charge in [0.1, 0.15) is 34.5 Å². The molecule has 0 atom stereocenters. The Balaban J connectivity index is 0.000000240. The molecule has 27 heteroatoms. The molecule has 6 aromatic carbocycles. The molecule has 0 spiro atoms. The zero-order chi connectivity index (χ0) is 102. The van der Waals surface area contributed by atoms with Crippen LogP contribution in [0.5, 0.6) is 34.5 Å². The average molecular weight is 2110 g/mol. The number of guanidine groups is 4. The number of phenols is 6. The molecule has 24 nitrogen and oxygen atoms in total. The Hall–Kier alpha value is -9.26. The molecule has 8 aliphatic rings. The van der Waals surface area contributed by atoms with E-state index in [4.69, 9.17) is 44.9 Å². The summed E-state index contributed by atoms with van der Waals surface area (Å²) >= 11 is 0. The molecular weight excluding hydrogens is 1930 g/mol. The Morgan fingerprint density at radius 1 is 0.264 bits per heavy atom. The fraction of sp³-hybridized carbons (Fsp3) is 0.607. The molecule has 8 aliphatic heterocycles. The first-order chi connectivity index (χ1) is 66.5. The molecule has 8 heterocycles. The van der Waals surface area contributed by atoms with Crippen molar-refractivity contribution in [2.45, 2.75) is 313 Å². The number of benzene rings is 6. The number of hydrogen-bond donors (Lipinski definition) is 6. The van der Waals surface area contributed by atoms with Crippen LogP contribution >= 0.6 is 0 Å². The van der Waals surface area contributed by atoms with Gasteiger partial charge in [0.2, 0.25) is 0 Å². The maximum Gasteiger partial charge on any atom is 0.196 e. The fourth-order valence-corrected chi connectivity index (χ4v) is 19.9. The SMILES string of the molecule is Cc1cc(C=NCC(C)(C)N=Cc2cc(C(C)(C)C)cc(C(C)(C)C)c2O)c(O)c(CCCN2CCCN3CCCN=C32)c1.Cc1cc(C=NCC(C)(C)N=Cc2cc(C(C)(C)C)cc(CCCN3CCCN4CCCN=C43)c2O)c(O)c(C(C)(C)C)c1.Cc1cc(C=NCC(C)(C)N=Cc2cc(C(C)(C)C)cc(CCCN3CCCN4CCCN=C43)c2O)c(O)c(CCCN2CCCN3CCCN=C32)c1.[Co].[Co].[Co]. The Morgan fingerprint density at radius 3 is 0.764 bits per heavy atom. The van der Waals surface area contributed by atoms with E-state index >= 15 is 0 Å². The molecule has 6 N–H and O–H groups in total. The molecule has 0 unspecified atom stereocenters. The summed E-state index contributed by atoms with van der Waals surface area (Å²) in [5, 5.41) is 67.3. The van der Waals surface area contributed by atoms with Crippen molar-refractivity contribution in [2.75, 3.05) is 151 Å². The van der Waals surface area contributed by atoms with Crippen LogP contribution in [0, 0.1) is 20.8 Å². The Morgan fingerprint density at radius 2 is 0.493 bits per heavy atom. The third kappa shape index (κ3) is 33.1. The number of rotatable bonds is 31. The second kappa shape index (κ2) is 51.6. The average Bonchev–Trinajstić information content (AvgIpc) is 0.774. The minimum Gasteiger partial charge on any atom is -0.507 e. The summed E-state index contributed by atoms with van der Waals surface area (Å²) in [7, 11) is 0. The molecule has 6 aromatic rings. The number of aliphatic imine (C=N–C) groups is 10. The molecule has 0 saturated carbocycles. The molecule has 0 bridgehead atoms. The van der Waals surface area contributed by atoms with Crippen molar-refractivity contribution in [3.63, 3.8) is 0 Å². The second-order valence-electron chi connectivity index (χ2n) is 47.8. The van der Waals surface area contributed by atoms with Crippen molar-refractivity contribution in [3.05, 3.63) is 173 Å². The maximum absolute atomic E-state index is 11.5. The zero-order valence-corrected chi connectivity index (χ0v) is 94.8. The predicted molar refractivity (Wildman–Crippen MR) is 591 cm³/mol. The van der Waals surface area contributed by atoms with Gasteiger partial charge in [0.15, 0.2) is 23.8 Å². The molecule has 4 saturated heterocycles. The fourth-order valence-electron chi connectivity index (χ4n) is 19.9. The smallest absolute Gasteiger partial charge is 0.196 e. The molecule has 3 radical (unpaired) electrons. The van der Waals surface area contributed by atoms with E-state index in [0.29, 0.717) is 42.6 Å². The van der Waals surface area contributed by atoms with Crippen LogP contribution in [0.4, 0.5) is 0 Å². The topological polar surface area (TPSA) is 271 Å². The molecule has 795 valence electrons. The minimum atomic E-state index is -0.506. The molecule has 0 aliphatic carbocycles. The van der Waals surface area contributed by atoms with Gasteiger partial charge in [-0.25, -0.2) is 0 Å². The van der Waals surface area contributed by atoms with Crippen LogP contribution in [0.3, 0.4) is 0 Å². The van der Waals surface area contributed by atoms with E-state index in [1.54, 1.807) is 24.9 Å². The van der Waals surface area contributed by atoms with Gasteiger partial charge < -0.3 is 69.8 Å². The number of aryl methyl sites for hydroxylation is 7. The quantitative estimate of drug-likeness (QED) is 0.0221. The first-order valence-corrected chi connectivity index (χ1v) is 52.9. The van der Waals surface area contributed by atoms with Crippen LogP contribution in [-0.2, 0) is 103 Å². The summed E-state index contributed by atoms with van der Waals surface area (Å²) in [6, 6.07) is 24.8. The second-order valence-corrected chi connectivity index (χ2v) is 47.8. The van der Waals surface area contributed by atoms with E-state index in [1.807, 2.05) is 77.4 Å². The number of fused-ring (bicyclic) bond motifs is 4. The van der Waals surface area contributed by atoms with E-state index in [-0.39, 0.29) is 88.9 Å². The summed E-state index contributed by atoms with van der Waals surface area (Å²) in [5.74, 6) is 6.51. The van der Waals surface area contributed by atoms with E-state index < -0.39 is 16.6 Å². The number of phenolic OH excluding ortho intramolecular Hbond substituents is 6. The van der Waals surface area contributed by atoms with Crippen LogP contribution in [0.25, 0.3) is 0 Å². The van der Waals surface area contributed by atoms with E-state index in [9.17, 15) is 30.6 Å². The van der Waals surface area contributed by atoms with Crippen molar-refractivity contribution in [1.29, 1.82) is 0 Å². The molecule has 4 fully saturated rings. The van der Waals surface area contributed by atoms with Gasteiger partial charge in [-0.1, -0.05) is 140 Å². The van der Waals surface area contributed by atoms with Gasteiger partial charge in [0.05, 0.1) is 36.3 Å². The number of hydrogen-bond acceptors (Lipinski definition) is 24. The van der Waals surface area contributed by atoms with Gasteiger partial charge in [0, 0.05) is 263 Å². The van der Waals surface area contributed by atoms with Crippen LogP contribution in [0.2, 0.25) is 0 Å². The number of nitrogens with zero attached hydrogens (tertiary/aromatic N) is 18. The molecular formula is C117H174Co3N18O6. The summed E-state index contributed by atoms with van der Waals surface area (Å²) in [6.45, 7) is 72.9. The summed E-state index contributed by atoms with van der Waals surface area (Å²) in [6.07, 6.45) is 27.1. The van der Waals surface area contributed by atoms with Gasteiger partial charge in [0.25, 0.3) is 0 Å². The molecule has 14 rings (SSSR count). The molecule has 144 heavy (non-hydrogen) atoms. The maximum atomic E-state index is 11.5. The van der Waals surface area contributed by atoms with Gasteiger partial charge >= 0.3 is 0 Å². The molecule has 0 aromatic heterocycles. The Bertz CT molecular complexity index is 5620. The van der Waals surface area contributed by atoms with Crippen LogP contribution in [0.1, 0.15) is 323 Å². The van der Waals surface area contributed by atoms with Gasteiger partial charge in [-0.05, 0) is 284 Å². The third-order valence-corrected chi connectivity index (χ3v) is 28.1. The van der Waals surface area contributed by atoms with Crippen LogP contribution in [-0.4, -0.2) is 298 Å². The van der Waals surface area contributed by atoms with E-state index in [0.717, 1.165) is 291 Å². The first kappa shape index (κ1) is 118. The minimum absolute atomic E-state index is 0. The normalized spacial score (nSPS) is 16.9. The van der Waals surface area contributed by atoms with Crippen LogP contribution < -0.4 is 0 Å². The van der Waals surface area contributed by atoms with Gasteiger partial charge in [-0.2, -0.15) is 0 Å². The van der Waals surface area contributed by atoms with Crippen molar-refractivity contribution in [2.24, 2.45) is 49.9 Å². The third-order valence-electron chi connectivity index (χ3n) is 28.1. The standard InChI is InChI=1S/C43H64N8O2.2C37H55N5O2.3Co/c1-32-25-33(13-7-17-48-21-11-23-50-19-9-15-45-40(48)50)38(52)35(26-32)29-44-31-43(5,6)47-30-36-28-37(42(2,3)4)27-34(39(36)53)14-8-18-49-22-12-24-51-20-10-16-46-41(49)51;1-26-19-28(33(44)31(20-26)36(5,6)7)23-38-25-37(8,9)40-24-29-22-30(35(2,3)4)21-27(32(29)43)13-10-15-41-17-12-18-42-16-11-14-39-34(41)42;1-26-19-27(13-10-15-41-17-12-18-42-16-11-14-39-34(41)42)32(43)28(20-26)23-38-25-37(8,9)40-24-29-21-30(35(2,3)4)22-31(33(29)44)36(5,6)7;;;/h25-30,52-53H,7-24,31H2,1-6H3;2*19-24,43-44H,10-18,25H2,1-9H3;;;. The van der Waals surface area contributed by atoms with Crippen molar-refractivity contribution < 1.29 is 81.0 Å². The van der Waals surface area contributed by atoms with Crippen molar-refractivity contribution in [1.82, 2.24) is 39.2 Å². The largest absolute Gasteiger partial charge is 0.507 e. The number of aromatic hydroxyl groups is 6. The van der Waals surface area contributed by atoms with E-state index in [2.05, 4.69) is 218 Å². The van der Waals surface area contributed by atoms with Crippen LogP contribution in [0.15, 0.2) is 123 Å². The Labute approximate surface area is 895 Å².